The Balaban J connectivity index is 1.55. The Labute approximate surface area is 180 Å². The maximum atomic E-state index is 10.2. The summed E-state index contributed by atoms with van der Waals surface area (Å²) < 4.78 is 0. The van der Waals surface area contributed by atoms with E-state index < -0.39 is 0 Å². The molecule has 0 bridgehead atoms. The minimum absolute atomic E-state index is 0.0859. The minimum atomic E-state index is -0.0859. The van der Waals surface area contributed by atoms with Crippen LogP contribution < -0.4 is 0 Å². The fourth-order valence-corrected chi connectivity index (χ4v) is 8.83. The van der Waals surface area contributed by atoms with Gasteiger partial charge in [0.25, 0.3) is 0 Å². The van der Waals surface area contributed by atoms with Crippen LogP contribution in [0.4, 0.5) is 0 Å². The van der Waals surface area contributed by atoms with Gasteiger partial charge in [-0.3, -0.25) is 0 Å². The molecule has 7 unspecified atom stereocenters. The Kier molecular flexibility index (Phi) is 5.63. The molecule has 1 heteroatoms. The molecule has 0 aromatic carbocycles. The molecule has 0 saturated heterocycles. The Morgan fingerprint density at radius 2 is 1.86 bits per heavy atom. The standard InChI is InChI=1S/C28H46O/c1-19(2)8-7-15-26(3,4)25-12-11-23-22-10-9-20-18-21(29)13-16-27(20,5)24(22)14-17-28(23,25)6/h8-9,21-25,29H,7,10-18H2,1-6H3. The fourth-order valence-electron chi connectivity index (χ4n) is 8.83. The molecule has 3 fully saturated rings. The molecule has 3 saturated carbocycles. The van der Waals surface area contributed by atoms with Crippen molar-refractivity contribution in [3.63, 3.8) is 0 Å². The van der Waals surface area contributed by atoms with Gasteiger partial charge in [-0.05, 0) is 118 Å². The van der Waals surface area contributed by atoms with Crippen LogP contribution in [0.2, 0.25) is 0 Å². The molecule has 0 aromatic rings. The van der Waals surface area contributed by atoms with Crippen molar-refractivity contribution in [1.82, 2.24) is 0 Å². The normalized spacial score (nSPS) is 44.4. The molecule has 0 aliphatic heterocycles. The molecule has 29 heavy (non-hydrogen) atoms. The highest BCUT2D eigenvalue weighted by atomic mass is 16.3. The largest absolute Gasteiger partial charge is 0.393 e. The summed E-state index contributed by atoms with van der Waals surface area (Å²) in [5.74, 6) is 3.53. The Morgan fingerprint density at radius 3 is 2.59 bits per heavy atom. The topological polar surface area (TPSA) is 20.2 Å². The molecule has 0 radical (unpaired) electrons. The molecule has 0 spiro atoms. The lowest BCUT2D eigenvalue weighted by Gasteiger charge is -2.59. The summed E-state index contributed by atoms with van der Waals surface area (Å²) in [5.41, 5.74) is 4.42. The van der Waals surface area contributed by atoms with Crippen LogP contribution in [0.5, 0.6) is 0 Å². The third-order valence-electron chi connectivity index (χ3n) is 10.4. The number of aliphatic hydroxyl groups excluding tert-OH is 1. The fraction of sp³-hybridized carbons (Fsp3) is 0.857. The van der Waals surface area contributed by atoms with E-state index >= 15 is 0 Å². The molecular formula is C28H46O. The Hall–Kier alpha value is -0.560. The lowest BCUT2D eigenvalue weighted by Crippen LogP contribution is -2.51. The second-order valence-corrected chi connectivity index (χ2v) is 12.6. The van der Waals surface area contributed by atoms with Crippen LogP contribution in [-0.4, -0.2) is 11.2 Å². The van der Waals surface area contributed by atoms with E-state index in [1.54, 1.807) is 5.57 Å². The van der Waals surface area contributed by atoms with Gasteiger partial charge in [0, 0.05) is 0 Å². The van der Waals surface area contributed by atoms with Crippen LogP contribution in [-0.2, 0) is 0 Å². The van der Waals surface area contributed by atoms with Gasteiger partial charge in [-0.1, -0.05) is 51.0 Å². The zero-order chi connectivity index (χ0) is 21.0. The van der Waals surface area contributed by atoms with Crippen LogP contribution in [0.3, 0.4) is 0 Å². The quantitative estimate of drug-likeness (QED) is 0.481. The summed E-state index contributed by atoms with van der Waals surface area (Å²) in [6, 6.07) is 0. The summed E-state index contributed by atoms with van der Waals surface area (Å²) in [6.07, 6.45) is 17.7. The van der Waals surface area contributed by atoms with Gasteiger partial charge in [0.1, 0.15) is 0 Å². The molecule has 7 atom stereocenters. The second kappa shape index (κ2) is 7.54. The molecule has 1 nitrogen and oxygen atoms in total. The van der Waals surface area contributed by atoms with Crippen molar-refractivity contribution in [2.75, 3.05) is 0 Å². The average molecular weight is 399 g/mol. The maximum absolute atomic E-state index is 10.2. The second-order valence-electron chi connectivity index (χ2n) is 12.6. The van der Waals surface area contributed by atoms with Crippen molar-refractivity contribution in [1.29, 1.82) is 0 Å². The molecule has 164 valence electrons. The van der Waals surface area contributed by atoms with Crippen molar-refractivity contribution >= 4 is 0 Å². The summed E-state index contributed by atoms with van der Waals surface area (Å²) in [4.78, 5) is 0. The van der Waals surface area contributed by atoms with Gasteiger partial charge in [0.15, 0.2) is 0 Å². The molecule has 0 amide bonds. The first kappa shape index (κ1) is 21.7. The minimum Gasteiger partial charge on any atom is -0.393 e. The van der Waals surface area contributed by atoms with E-state index in [9.17, 15) is 5.11 Å². The van der Waals surface area contributed by atoms with Gasteiger partial charge in [0.05, 0.1) is 6.10 Å². The zero-order valence-electron chi connectivity index (χ0n) is 20.1. The van der Waals surface area contributed by atoms with Gasteiger partial charge in [-0.15, -0.1) is 0 Å². The molecule has 4 aliphatic carbocycles. The first-order valence-corrected chi connectivity index (χ1v) is 12.6. The van der Waals surface area contributed by atoms with Gasteiger partial charge >= 0.3 is 0 Å². The van der Waals surface area contributed by atoms with Crippen molar-refractivity contribution in [2.45, 2.75) is 112 Å². The Morgan fingerprint density at radius 1 is 1.10 bits per heavy atom. The van der Waals surface area contributed by atoms with Crippen LogP contribution >= 0.6 is 0 Å². The van der Waals surface area contributed by atoms with Crippen LogP contribution in [0, 0.1) is 39.9 Å². The summed E-state index contributed by atoms with van der Waals surface area (Å²) >= 11 is 0. The van der Waals surface area contributed by atoms with Gasteiger partial charge < -0.3 is 5.11 Å². The summed E-state index contributed by atoms with van der Waals surface area (Å²) in [7, 11) is 0. The van der Waals surface area contributed by atoms with E-state index in [1.807, 2.05) is 0 Å². The van der Waals surface area contributed by atoms with Crippen molar-refractivity contribution in [3.8, 4) is 0 Å². The van der Waals surface area contributed by atoms with Crippen LogP contribution in [0.15, 0.2) is 23.3 Å². The molecule has 0 heterocycles. The number of hydrogen-bond donors (Lipinski definition) is 1. The number of allylic oxidation sites excluding steroid dienone is 3. The van der Waals surface area contributed by atoms with Gasteiger partial charge in [-0.2, -0.15) is 0 Å². The van der Waals surface area contributed by atoms with E-state index in [1.165, 1.54) is 56.9 Å². The predicted octanol–water partition coefficient (Wildman–Crippen LogP) is 7.70. The van der Waals surface area contributed by atoms with E-state index in [-0.39, 0.29) is 6.10 Å². The number of aliphatic hydroxyl groups is 1. The molecule has 0 aromatic heterocycles. The SMILES string of the molecule is CC(C)=CCCC(C)(C)C1CCC2C3CC=C4CC(O)CCC4(C)C3CCC21C. The predicted molar refractivity (Wildman–Crippen MR) is 124 cm³/mol. The van der Waals surface area contributed by atoms with Crippen molar-refractivity contribution in [3.05, 3.63) is 23.3 Å². The lowest BCUT2D eigenvalue weighted by molar-refractivity contribution is -0.0691. The zero-order valence-corrected chi connectivity index (χ0v) is 20.1. The van der Waals surface area contributed by atoms with Gasteiger partial charge in [-0.25, -0.2) is 0 Å². The molecule has 4 rings (SSSR count). The highest BCUT2D eigenvalue weighted by Gasteiger charge is 2.60. The molecule has 4 aliphatic rings. The van der Waals surface area contributed by atoms with Crippen molar-refractivity contribution < 1.29 is 5.11 Å². The molecular weight excluding hydrogens is 352 g/mol. The van der Waals surface area contributed by atoms with E-state index in [4.69, 9.17) is 0 Å². The summed E-state index contributed by atoms with van der Waals surface area (Å²) in [5, 5.41) is 10.2. The van der Waals surface area contributed by atoms with Crippen molar-refractivity contribution in [2.24, 2.45) is 39.9 Å². The van der Waals surface area contributed by atoms with Crippen LogP contribution in [0.25, 0.3) is 0 Å². The third-order valence-corrected chi connectivity index (χ3v) is 10.4. The summed E-state index contributed by atoms with van der Waals surface area (Å²) in [6.45, 7) is 14.8. The number of hydrogen-bond acceptors (Lipinski definition) is 1. The maximum Gasteiger partial charge on any atom is 0.0577 e. The third kappa shape index (κ3) is 3.58. The van der Waals surface area contributed by atoms with E-state index in [0.29, 0.717) is 16.2 Å². The number of rotatable bonds is 4. The Bertz CT molecular complexity index is 680. The number of fused-ring (bicyclic) bond motifs is 5. The highest BCUT2D eigenvalue weighted by Crippen LogP contribution is 2.68. The average Bonchev–Trinajstić information content (AvgIpc) is 3.00. The van der Waals surface area contributed by atoms with Crippen LogP contribution in [0.1, 0.15) is 106 Å². The lowest BCUT2D eigenvalue weighted by atomic mass is 9.46. The smallest absolute Gasteiger partial charge is 0.0577 e. The highest BCUT2D eigenvalue weighted by molar-refractivity contribution is 5.25. The van der Waals surface area contributed by atoms with E-state index in [2.05, 4.69) is 53.7 Å². The monoisotopic (exact) mass is 398 g/mol. The first-order chi connectivity index (χ1) is 13.6. The van der Waals surface area contributed by atoms with Gasteiger partial charge in [0.2, 0.25) is 0 Å². The van der Waals surface area contributed by atoms with E-state index in [0.717, 1.165) is 36.5 Å². The molecule has 1 N–H and O–H groups in total. The first-order valence-electron chi connectivity index (χ1n) is 12.6.